The van der Waals surface area contributed by atoms with Crippen molar-refractivity contribution in [2.24, 2.45) is 0 Å². The van der Waals surface area contributed by atoms with Crippen LogP contribution in [0.2, 0.25) is 0 Å². The fourth-order valence-corrected chi connectivity index (χ4v) is 3.92. The van der Waals surface area contributed by atoms with Gasteiger partial charge in [-0.25, -0.2) is 4.79 Å². The van der Waals surface area contributed by atoms with Crippen LogP contribution in [0.25, 0.3) is 0 Å². The van der Waals surface area contributed by atoms with Gasteiger partial charge < -0.3 is 24.3 Å². The highest BCUT2D eigenvalue weighted by molar-refractivity contribution is 5.83. The lowest BCUT2D eigenvalue weighted by atomic mass is 9.87. The van der Waals surface area contributed by atoms with Crippen molar-refractivity contribution in [3.05, 3.63) is 65.2 Å². The summed E-state index contributed by atoms with van der Waals surface area (Å²) in [7, 11) is 1.66. The molecule has 0 spiro atoms. The Kier molecular flexibility index (Phi) is 8.61. The van der Waals surface area contributed by atoms with Crippen molar-refractivity contribution in [1.29, 1.82) is 0 Å². The van der Waals surface area contributed by atoms with Gasteiger partial charge in [0.1, 0.15) is 23.2 Å². The number of hydrogen-bond donors (Lipinski definition) is 1. The third-order valence-corrected chi connectivity index (χ3v) is 5.75. The number of ether oxygens (including phenoxy) is 4. The number of anilines is 1. The Morgan fingerprint density at radius 2 is 1.88 bits per heavy atom. The largest absolute Gasteiger partial charge is 0.497 e. The van der Waals surface area contributed by atoms with E-state index in [4.69, 9.17) is 18.9 Å². The van der Waals surface area contributed by atoms with E-state index < -0.39 is 17.8 Å². The topological polar surface area (TPSA) is 66.0 Å². The van der Waals surface area contributed by atoms with E-state index in [1.54, 1.807) is 7.11 Å². The van der Waals surface area contributed by atoms with Crippen LogP contribution in [0.15, 0.2) is 54.1 Å². The Hall–Kier alpha value is -2.99. The minimum absolute atomic E-state index is 0.386. The monoisotopic (exact) mass is 467 g/mol. The maximum atomic E-state index is 12.5. The molecular formula is C28H37NO5. The van der Waals surface area contributed by atoms with Gasteiger partial charge in [-0.05, 0) is 70.0 Å². The molecule has 184 valence electrons. The van der Waals surface area contributed by atoms with E-state index in [2.05, 4.69) is 12.2 Å². The minimum atomic E-state index is -0.743. The van der Waals surface area contributed by atoms with E-state index in [0.717, 1.165) is 46.7 Å². The third-order valence-electron chi connectivity index (χ3n) is 5.75. The molecule has 0 bridgehead atoms. The highest BCUT2D eigenvalue weighted by atomic mass is 16.6. The summed E-state index contributed by atoms with van der Waals surface area (Å²) in [5.74, 6) is 1.19. The maximum Gasteiger partial charge on any atom is 0.331 e. The van der Waals surface area contributed by atoms with E-state index in [-0.39, 0.29) is 5.97 Å². The molecule has 2 aromatic carbocycles. The Bertz CT molecular complexity index is 992. The number of benzene rings is 2. The first-order valence-electron chi connectivity index (χ1n) is 11.9. The molecule has 2 unspecified atom stereocenters. The zero-order valence-electron chi connectivity index (χ0n) is 21.1. The number of carbonyl (C=O) groups excluding carboxylic acids is 1. The molecule has 1 N–H and O–H groups in total. The second kappa shape index (κ2) is 11.4. The standard InChI is InChI=1S/C28H37NO5/c1-7-8-15-32-26-23-17-21(29-18-20-9-12-22(31-6)13-10-20)11-14-24(23)34-28(4,5)27(26)33-25(30)16-19(2)3/h9-14,16-17,26-27,29H,7-8,15,18H2,1-6H3. The predicted octanol–water partition coefficient (Wildman–Crippen LogP) is 6.21. The van der Waals surface area contributed by atoms with Crippen molar-refractivity contribution in [2.75, 3.05) is 19.0 Å². The SMILES string of the molecule is CCCCOC1c2cc(NCc3ccc(OC)cc3)ccc2OC(C)(C)C1OC(=O)C=C(C)C. The molecule has 1 aliphatic rings. The first-order chi connectivity index (χ1) is 16.2. The molecule has 34 heavy (non-hydrogen) atoms. The smallest absolute Gasteiger partial charge is 0.331 e. The van der Waals surface area contributed by atoms with Crippen molar-refractivity contribution in [3.8, 4) is 11.5 Å². The van der Waals surface area contributed by atoms with Gasteiger partial charge in [0, 0.05) is 30.5 Å². The van der Waals surface area contributed by atoms with Crippen LogP contribution in [0.3, 0.4) is 0 Å². The zero-order chi connectivity index (χ0) is 24.7. The molecule has 0 aromatic heterocycles. The van der Waals surface area contributed by atoms with Crippen LogP contribution in [-0.2, 0) is 20.8 Å². The van der Waals surface area contributed by atoms with Crippen LogP contribution >= 0.6 is 0 Å². The summed E-state index contributed by atoms with van der Waals surface area (Å²) in [6.45, 7) is 11.0. The van der Waals surface area contributed by atoms with Crippen LogP contribution in [0.1, 0.15) is 64.7 Å². The van der Waals surface area contributed by atoms with Gasteiger partial charge in [0.25, 0.3) is 0 Å². The first kappa shape index (κ1) is 25.6. The summed E-state index contributed by atoms with van der Waals surface area (Å²) in [6, 6.07) is 13.9. The quantitative estimate of drug-likeness (QED) is 0.254. The zero-order valence-corrected chi connectivity index (χ0v) is 21.1. The van der Waals surface area contributed by atoms with Crippen LogP contribution in [0.5, 0.6) is 11.5 Å². The maximum absolute atomic E-state index is 12.5. The molecule has 0 saturated carbocycles. The summed E-state index contributed by atoms with van der Waals surface area (Å²) in [5.41, 5.74) is 3.10. The summed E-state index contributed by atoms with van der Waals surface area (Å²) in [4.78, 5) is 12.5. The van der Waals surface area contributed by atoms with Gasteiger partial charge in [0.15, 0.2) is 6.10 Å². The lowest BCUT2D eigenvalue weighted by Crippen LogP contribution is -2.51. The number of unbranched alkanes of at least 4 members (excludes halogenated alkanes) is 1. The lowest BCUT2D eigenvalue weighted by molar-refractivity contribution is -0.179. The third kappa shape index (κ3) is 6.54. The number of methoxy groups -OCH3 is 1. The predicted molar refractivity (Wildman–Crippen MR) is 134 cm³/mol. The van der Waals surface area contributed by atoms with Crippen LogP contribution in [-0.4, -0.2) is 31.4 Å². The summed E-state index contributed by atoms with van der Waals surface area (Å²) >= 11 is 0. The summed E-state index contributed by atoms with van der Waals surface area (Å²) in [6.07, 6.45) is 2.43. The molecule has 0 radical (unpaired) electrons. The van der Waals surface area contributed by atoms with E-state index in [1.807, 2.05) is 70.2 Å². The second-order valence-corrected chi connectivity index (χ2v) is 9.38. The number of rotatable bonds is 10. The van der Waals surface area contributed by atoms with Crippen molar-refractivity contribution in [2.45, 2.75) is 71.8 Å². The lowest BCUT2D eigenvalue weighted by Gasteiger charge is -2.43. The highest BCUT2D eigenvalue weighted by Crippen LogP contribution is 2.44. The van der Waals surface area contributed by atoms with E-state index >= 15 is 0 Å². The van der Waals surface area contributed by atoms with Gasteiger partial charge in [-0.1, -0.05) is 31.1 Å². The van der Waals surface area contributed by atoms with Crippen molar-refractivity contribution < 1.29 is 23.7 Å². The van der Waals surface area contributed by atoms with Gasteiger partial charge in [0.05, 0.1) is 7.11 Å². The molecule has 6 nitrogen and oxygen atoms in total. The number of allylic oxidation sites excluding steroid dienone is 1. The molecule has 6 heteroatoms. The number of carbonyl (C=O) groups is 1. The minimum Gasteiger partial charge on any atom is -0.497 e. The molecular weight excluding hydrogens is 430 g/mol. The molecule has 3 rings (SSSR count). The van der Waals surface area contributed by atoms with Crippen molar-refractivity contribution in [3.63, 3.8) is 0 Å². The Morgan fingerprint density at radius 3 is 2.53 bits per heavy atom. The molecule has 0 amide bonds. The van der Waals surface area contributed by atoms with Crippen LogP contribution < -0.4 is 14.8 Å². The number of hydrogen-bond acceptors (Lipinski definition) is 6. The molecule has 0 saturated heterocycles. The highest BCUT2D eigenvalue weighted by Gasteiger charge is 2.47. The van der Waals surface area contributed by atoms with Crippen molar-refractivity contribution in [1.82, 2.24) is 0 Å². The van der Waals surface area contributed by atoms with Gasteiger partial charge >= 0.3 is 5.97 Å². The summed E-state index contributed by atoms with van der Waals surface area (Å²) in [5, 5.41) is 3.47. The van der Waals surface area contributed by atoms with Gasteiger partial charge in [-0.15, -0.1) is 0 Å². The molecule has 0 fully saturated rings. The average molecular weight is 468 g/mol. The Labute approximate surface area is 203 Å². The summed E-state index contributed by atoms with van der Waals surface area (Å²) < 4.78 is 23.8. The average Bonchev–Trinajstić information content (AvgIpc) is 2.79. The van der Waals surface area contributed by atoms with Gasteiger partial charge in [-0.2, -0.15) is 0 Å². The first-order valence-corrected chi connectivity index (χ1v) is 11.9. The van der Waals surface area contributed by atoms with Gasteiger partial charge in [0.2, 0.25) is 0 Å². The molecule has 1 heterocycles. The van der Waals surface area contributed by atoms with E-state index in [0.29, 0.717) is 13.2 Å². The van der Waals surface area contributed by atoms with E-state index in [9.17, 15) is 4.79 Å². The van der Waals surface area contributed by atoms with Gasteiger partial charge in [-0.3, -0.25) is 0 Å². The number of esters is 1. The molecule has 0 aliphatic carbocycles. The normalized spacial score (nSPS) is 18.3. The Balaban J connectivity index is 1.86. The molecule has 2 atom stereocenters. The van der Waals surface area contributed by atoms with E-state index in [1.165, 1.54) is 6.08 Å². The number of fused-ring (bicyclic) bond motifs is 1. The fourth-order valence-electron chi connectivity index (χ4n) is 3.92. The molecule has 2 aromatic rings. The van der Waals surface area contributed by atoms with Crippen LogP contribution in [0.4, 0.5) is 5.69 Å². The Morgan fingerprint density at radius 1 is 1.15 bits per heavy atom. The van der Waals surface area contributed by atoms with Crippen LogP contribution in [0, 0.1) is 0 Å². The molecule has 1 aliphatic heterocycles. The number of nitrogens with one attached hydrogen (secondary N) is 1. The van der Waals surface area contributed by atoms with Crippen molar-refractivity contribution >= 4 is 11.7 Å². The fraction of sp³-hybridized carbons (Fsp3) is 0.464. The second-order valence-electron chi connectivity index (χ2n) is 9.38.